The molecule has 0 radical (unpaired) electrons. The van der Waals surface area contributed by atoms with E-state index in [-0.39, 0.29) is 11.8 Å². The van der Waals surface area contributed by atoms with Crippen LogP contribution in [0.25, 0.3) is 10.9 Å². The summed E-state index contributed by atoms with van der Waals surface area (Å²) in [5.74, 6) is 0.0627. The van der Waals surface area contributed by atoms with Crippen LogP contribution in [-0.4, -0.2) is 11.5 Å². The SMILES string of the molecule is CC(C)C(CN)C(F)c1cccc2ncccc12. The molecule has 96 valence electrons. The van der Waals surface area contributed by atoms with Crippen molar-refractivity contribution >= 4 is 10.9 Å². The first-order valence-corrected chi connectivity index (χ1v) is 6.33. The summed E-state index contributed by atoms with van der Waals surface area (Å²) in [6.45, 7) is 4.37. The van der Waals surface area contributed by atoms with Gasteiger partial charge in [0.2, 0.25) is 0 Å². The molecule has 0 aliphatic carbocycles. The first-order chi connectivity index (χ1) is 8.65. The van der Waals surface area contributed by atoms with Crippen LogP contribution in [0.2, 0.25) is 0 Å². The third kappa shape index (κ3) is 2.36. The second-order valence-electron chi connectivity index (χ2n) is 4.96. The van der Waals surface area contributed by atoms with Gasteiger partial charge >= 0.3 is 0 Å². The summed E-state index contributed by atoms with van der Waals surface area (Å²) in [5, 5.41) is 0.881. The molecule has 0 saturated heterocycles. The van der Waals surface area contributed by atoms with Crippen molar-refractivity contribution in [1.29, 1.82) is 0 Å². The van der Waals surface area contributed by atoms with Crippen molar-refractivity contribution in [2.24, 2.45) is 17.6 Å². The quantitative estimate of drug-likeness (QED) is 0.897. The van der Waals surface area contributed by atoms with Crippen LogP contribution in [-0.2, 0) is 0 Å². The molecule has 1 aromatic heterocycles. The van der Waals surface area contributed by atoms with Crippen molar-refractivity contribution in [2.45, 2.75) is 20.0 Å². The lowest BCUT2D eigenvalue weighted by Gasteiger charge is -2.24. The maximum absolute atomic E-state index is 14.7. The highest BCUT2D eigenvalue weighted by Crippen LogP contribution is 2.34. The van der Waals surface area contributed by atoms with E-state index in [1.54, 1.807) is 6.20 Å². The van der Waals surface area contributed by atoms with E-state index in [0.29, 0.717) is 12.1 Å². The van der Waals surface area contributed by atoms with Gasteiger partial charge in [-0.3, -0.25) is 4.98 Å². The summed E-state index contributed by atoms with van der Waals surface area (Å²) < 4.78 is 14.7. The molecule has 0 spiro atoms. The fourth-order valence-electron chi connectivity index (χ4n) is 2.33. The molecule has 18 heavy (non-hydrogen) atoms. The monoisotopic (exact) mass is 246 g/mol. The minimum absolute atomic E-state index is 0.157. The summed E-state index contributed by atoms with van der Waals surface area (Å²) in [4.78, 5) is 4.26. The predicted octanol–water partition coefficient (Wildman–Crippen LogP) is 3.48. The normalized spacial score (nSPS) is 14.9. The molecule has 0 aliphatic rings. The lowest BCUT2D eigenvalue weighted by Crippen LogP contribution is -2.24. The molecule has 1 aromatic carbocycles. The van der Waals surface area contributed by atoms with Crippen LogP contribution < -0.4 is 5.73 Å². The van der Waals surface area contributed by atoms with Crippen molar-refractivity contribution in [1.82, 2.24) is 4.98 Å². The predicted molar refractivity (Wildman–Crippen MR) is 73.0 cm³/mol. The van der Waals surface area contributed by atoms with Gasteiger partial charge in [-0.05, 0) is 30.2 Å². The third-order valence-corrected chi connectivity index (χ3v) is 3.48. The number of hydrogen-bond acceptors (Lipinski definition) is 2. The zero-order valence-electron chi connectivity index (χ0n) is 10.8. The highest BCUT2D eigenvalue weighted by Gasteiger charge is 2.25. The highest BCUT2D eigenvalue weighted by atomic mass is 19.1. The Hall–Kier alpha value is -1.48. The van der Waals surface area contributed by atoms with Crippen LogP contribution in [0.15, 0.2) is 36.5 Å². The minimum atomic E-state index is -1.04. The van der Waals surface area contributed by atoms with E-state index < -0.39 is 6.17 Å². The Morgan fingerprint density at radius 3 is 2.67 bits per heavy atom. The largest absolute Gasteiger partial charge is 0.330 e. The fraction of sp³-hybridized carbons (Fsp3) is 0.400. The molecule has 3 heteroatoms. The van der Waals surface area contributed by atoms with Crippen molar-refractivity contribution in [2.75, 3.05) is 6.54 Å². The van der Waals surface area contributed by atoms with Gasteiger partial charge in [-0.2, -0.15) is 0 Å². The fourth-order valence-corrected chi connectivity index (χ4v) is 2.33. The number of halogens is 1. The molecular weight excluding hydrogens is 227 g/mol. The minimum Gasteiger partial charge on any atom is -0.330 e. The van der Waals surface area contributed by atoms with Crippen molar-refractivity contribution in [3.63, 3.8) is 0 Å². The van der Waals surface area contributed by atoms with E-state index in [2.05, 4.69) is 4.98 Å². The Kier molecular flexibility index (Phi) is 3.92. The molecule has 2 nitrogen and oxygen atoms in total. The summed E-state index contributed by atoms with van der Waals surface area (Å²) in [6.07, 6.45) is 0.685. The maximum atomic E-state index is 14.7. The molecule has 2 unspecified atom stereocenters. The Labute approximate surface area is 107 Å². The first kappa shape index (κ1) is 13.0. The molecule has 2 N–H and O–H groups in total. The summed E-state index contributed by atoms with van der Waals surface area (Å²) in [5.41, 5.74) is 7.23. The number of hydrogen-bond donors (Lipinski definition) is 1. The van der Waals surface area contributed by atoms with E-state index in [1.807, 2.05) is 44.2 Å². The molecule has 0 bridgehead atoms. The van der Waals surface area contributed by atoms with E-state index in [4.69, 9.17) is 5.73 Å². The molecule has 0 fully saturated rings. The molecule has 0 saturated carbocycles. The van der Waals surface area contributed by atoms with Gasteiger partial charge in [0.1, 0.15) is 6.17 Å². The topological polar surface area (TPSA) is 38.9 Å². The Bertz CT molecular complexity index is 519. The van der Waals surface area contributed by atoms with Crippen LogP contribution in [0.5, 0.6) is 0 Å². The smallest absolute Gasteiger partial charge is 0.130 e. The molecular formula is C15H19FN2. The number of alkyl halides is 1. The van der Waals surface area contributed by atoms with Gasteiger partial charge in [-0.1, -0.05) is 32.0 Å². The maximum Gasteiger partial charge on any atom is 0.130 e. The van der Waals surface area contributed by atoms with Gasteiger partial charge in [-0.25, -0.2) is 4.39 Å². The zero-order chi connectivity index (χ0) is 13.1. The van der Waals surface area contributed by atoms with E-state index in [0.717, 1.165) is 10.9 Å². The number of fused-ring (bicyclic) bond motifs is 1. The number of nitrogens with zero attached hydrogens (tertiary/aromatic N) is 1. The van der Waals surface area contributed by atoms with Crippen LogP contribution >= 0.6 is 0 Å². The van der Waals surface area contributed by atoms with Crippen LogP contribution in [0.3, 0.4) is 0 Å². The average Bonchev–Trinajstić information content (AvgIpc) is 2.38. The Morgan fingerprint density at radius 2 is 2.00 bits per heavy atom. The van der Waals surface area contributed by atoms with E-state index in [9.17, 15) is 4.39 Å². The van der Waals surface area contributed by atoms with Gasteiger partial charge in [0.25, 0.3) is 0 Å². The van der Waals surface area contributed by atoms with Gasteiger partial charge < -0.3 is 5.73 Å². The average molecular weight is 246 g/mol. The molecule has 0 aliphatic heterocycles. The molecule has 1 heterocycles. The number of aromatic nitrogens is 1. The van der Waals surface area contributed by atoms with Crippen LogP contribution in [0.4, 0.5) is 4.39 Å². The second-order valence-corrected chi connectivity index (χ2v) is 4.96. The van der Waals surface area contributed by atoms with Crippen molar-refractivity contribution < 1.29 is 4.39 Å². The number of pyridine rings is 1. The van der Waals surface area contributed by atoms with Gasteiger partial charge in [0, 0.05) is 17.5 Å². The van der Waals surface area contributed by atoms with Crippen LogP contribution in [0.1, 0.15) is 25.6 Å². The lowest BCUT2D eigenvalue weighted by molar-refractivity contribution is 0.190. The van der Waals surface area contributed by atoms with Crippen LogP contribution in [0, 0.1) is 11.8 Å². The second kappa shape index (κ2) is 5.44. The van der Waals surface area contributed by atoms with Crippen molar-refractivity contribution in [3.8, 4) is 0 Å². The number of benzene rings is 1. The molecule has 0 amide bonds. The number of rotatable bonds is 4. The first-order valence-electron chi connectivity index (χ1n) is 6.33. The van der Waals surface area contributed by atoms with E-state index in [1.165, 1.54) is 0 Å². The highest BCUT2D eigenvalue weighted by molar-refractivity contribution is 5.82. The van der Waals surface area contributed by atoms with Gasteiger partial charge in [-0.15, -0.1) is 0 Å². The summed E-state index contributed by atoms with van der Waals surface area (Å²) >= 11 is 0. The Morgan fingerprint density at radius 1 is 1.22 bits per heavy atom. The van der Waals surface area contributed by atoms with Crippen molar-refractivity contribution in [3.05, 3.63) is 42.1 Å². The third-order valence-electron chi connectivity index (χ3n) is 3.48. The molecule has 2 aromatic rings. The number of nitrogens with two attached hydrogens (primary N) is 1. The zero-order valence-corrected chi connectivity index (χ0v) is 10.8. The van der Waals surface area contributed by atoms with Gasteiger partial charge in [0.05, 0.1) is 5.52 Å². The lowest BCUT2D eigenvalue weighted by atomic mass is 9.86. The summed E-state index contributed by atoms with van der Waals surface area (Å²) in [7, 11) is 0. The summed E-state index contributed by atoms with van der Waals surface area (Å²) in [6, 6.07) is 9.34. The Balaban J connectivity index is 2.47. The van der Waals surface area contributed by atoms with Gasteiger partial charge in [0.15, 0.2) is 0 Å². The standard InChI is InChI=1S/C15H19FN2/c1-10(2)13(9-17)15(16)12-5-3-7-14-11(12)6-4-8-18-14/h3-8,10,13,15H,9,17H2,1-2H3. The molecule has 2 rings (SSSR count). The molecule has 2 atom stereocenters. The van der Waals surface area contributed by atoms with E-state index >= 15 is 0 Å².